The summed E-state index contributed by atoms with van der Waals surface area (Å²) in [6, 6.07) is 1.84. The number of fused-ring (bicyclic) bond motifs is 1. The predicted molar refractivity (Wildman–Crippen MR) is 80.5 cm³/mol. The Morgan fingerprint density at radius 3 is 2.21 bits per heavy atom. The number of piperidine rings is 1. The Kier molecular flexibility index (Phi) is 4.45. The van der Waals surface area contributed by atoms with E-state index in [-0.39, 0.29) is 0 Å². The van der Waals surface area contributed by atoms with Crippen LogP contribution in [0.2, 0.25) is 0 Å². The Balaban J connectivity index is 1.37. The molecule has 2 saturated heterocycles. The number of likely N-dealkylation sites (N-methyl/N-ethyl adjacent to an activating group) is 1. The number of piperazine rings is 1. The van der Waals surface area contributed by atoms with Gasteiger partial charge in [0.25, 0.3) is 0 Å². The zero-order chi connectivity index (χ0) is 13.2. The van der Waals surface area contributed by atoms with Gasteiger partial charge in [0.2, 0.25) is 0 Å². The third-order valence-corrected chi connectivity index (χ3v) is 5.72. The molecule has 3 fully saturated rings. The molecule has 3 rings (SSSR count). The molecule has 3 nitrogen and oxygen atoms in total. The summed E-state index contributed by atoms with van der Waals surface area (Å²) in [6.07, 6.45) is 5.78. The molecule has 3 heteroatoms. The SMILES string of the molecule is CCN1CCC(CCN2CCN(CC)C3CC32)CC1. The minimum Gasteiger partial charge on any atom is -0.304 e. The Bertz CT molecular complexity index is 286. The summed E-state index contributed by atoms with van der Waals surface area (Å²) < 4.78 is 0. The molecule has 2 atom stereocenters. The van der Waals surface area contributed by atoms with Crippen LogP contribution < -0.4 is 0 Å². The van der Waals surface area contributed by atoms with Crippen LogP contribution in [-0.2, 0) is 0 Å². The van der Waals surface area contributed by atoms with Crippen LogP contribution >= 0.6 is 0 Å². The number of nitrogens with zero attached hydrogens (tertiary/aromatic N) is 3. The van der Waals surface area contributed by atoms with Crippen molar-refractivity contribution in [1.82, 2.24) is 14.7 Å². The van der Waals surface area contributed by atoms with Gasteiger partial charge in [-0.25, -0.2) is 0 Å². The first kappa shape index (κ1) is 13.8. The molecule has 2 aliphatic heterocycles. The van der Waals surface area contributed by atoms with Crippen molar-refractivity contribution in [3.05, 3.63) is 0 Å². The Labute approximate surface area is 118 Å². The summed E-state index contributed by atoms with van der Waals surface area (Å²) in [5.74, 6) is 1.00. The average Bonchev–Trinajstić information content (AvgIpc) is 3.26. The first-order valence-corrected chi connectivity index (χ1v) is 8.52. The Morgan fingerprint density at radius 2 is 1.53 bits per heavy atom. The summed E-state index contributed by atoms with van der Waals surface area (Å²) in [5.41, 5.74) is 0. The average molecular weight is 265 g/mol. The molecule has 3 aliphatic rings. The second-order valence-electron chi connectivity index (χ2n) is 6.70. The van der Waals surface area contributed by atoms with Crippen LogP contribution in [0.4, 0.5) is 0 Å². The normalized spacial score (nSPS) is 34.4. The van der Waals surface area contributed by atoms with Crippen LogP contribution in [0.3, 0.4) is 0 Å². The van der Waals surface area contributed by atoms with E-state index in [1.54, 1.807) is 0 Å². The van der Waals surface area contributed by atoms with Gasteiger partial charge in [-0.15, -0.1) is 0 Å². The van der Waals surface area contributed by atoms with Crippen molar-refractivity contribution in [2.24, 2.45) is 5.92 Å². The molecule has 0 radical (unpaired) electrons. The fraction of sp³-hybridized carbons (Fsp3) is 1.00. The maximum absolute atomic E-state index is 2.79. The molecule has 0 spiro atoms. The van der Waals surface area contributed by atoms with Gasteiger partial charge in [-0.05, 0) is 64.3 Å². The van der Waals surface area contributed by atoms with E-state index in [1.165, 1.54) is 71.5 Å². The highest BCUT2D eigenvalue weighted by atomic mass is 15.3. The van der Waals surface area contributed by atoms with Gasteiger partial charge in [-0.1, -0.05) is 13.8 Å². The Morgan fingerprint density at radius 1 is 0.842 bits per heavy atom. The van der Waals surface area contributed by atoms with E-state index < -0.39 is 0 Å². The van der Waals surface area contributed by atoms with Crippen LogP contribution in [0.5, 0.6) is 0 Å². The van der Waals surface area contributed by atoms with Gasteiger partial charge in [0.1, 0.15) is 0 Å². The van der Waals surface area contributed by atoms with Crippen LogP contribution in [0.25, 0.3) is 0 Å². The third kappa shape index (κ3) is 3.14. The van der Waals surface area contributed by atoms with Crippen molar-refractivity contribution in [3.63, 3.8) is 0 Å². The Hall–Kier alpha value is -0.120. The highest BCUT2D eigenvalue weighted by molar-refractivity contribution is 5.05. The molecular weight excluding hydrogens is 234 g/mol. The lowest BCUT2D eigenvalue weighted by atomic mass is 9.93. The molecule has 2 unspecified atom stereocenters. The minimum absolute atomic E-state index is 0.917. The van der Waals surface area contributed by atoms with Gasteiger partial charge in [0, 0.05) is 25.2 Å². The zero-order valence-electron chi connectivity index (χ0n) is 12.9. The summed E-state index contributed by atoms with van der Waals surface area (Å²) in [5, 5.41) is 0. The van der Waals surface area contributed by atoms with Crippen molar-refractivity contribution < 1.29 is 0 Å². The van der Waals surface area contributed by atoms with Gasteiger partial charge in [0.15, 0.2) is 0 Å². The largest absolute Gasteiger partial charge is 0.304 e. The molecule has 0 bridgehead atoms. The lowest BCUT2D eigenvalue weighted by Crippen LogP contribution is -2.46. The van der Waals surface area contributed by atoms with Crippen molar-refractivity contribution in [2.75, 3.05) is 45.8 Å². The summed E-state index contributed by atoms with van der Waals surface area (Å²) >= 11 is 0. The fourth-order valence-corrected chi connectivity index (χ4v) is 4.15. The second-order valence-corrected chi connectivity index (χ2v) is 6.70. The van der Waals surface area contributed by atoms with Crippen molar-refractivity contribution in [1.29, 1.82) is 0 Å². The standard InChI is InChI=1S/C16H31N3/c1-3-17-8-5-14(6-9-17)7-10-19-12-11-18(4-2)15-13-16(15)19/h14-16H,3-13H2,1-2H3. The van der Waals surface area contributed by atoms with E-state index in [0.29, 0.717) is 0 Å². The molecule has 0 aromatic carbocycles. The molecule has 1 aliphatic carbocycles. The first-order valence-electron chi connectivity index (χ1n) is 8.52. The van der Waals surface area contributed by atoms with Crippen LogP contribution in [0.1, 0.15) is 39.5 Å². The second kappa shape index (κ2) is 6.11. The molecule has 0 N–H and O–H groups in total. The number of likely N-dealkylation sites (tertiary alicyclic amines) is 1. The van der Waals surface area contributed by atoms with E-state index in [4.69, 9.17) is 0 Å². The van der Waals surface area contributed by atoms with E-state index in [9.17, 15) is 0 Å². The molecular formula is C16H31N3. The van der Waals surface area contributed by atoms with E-state index >= 15 is 0 Å². The highest BCUT2D eigenvalue weighted by Crippen LogP contribution is 2.36. The fourth-order valence-electron chi connectivity index (χ4n) is 4.15. The molecule has 0 amide bonds. The lowest BCUT2D eigenvalue weighted by molar-refractivity contribution is 0.117. The van der Waals surface area contributed by atoms with E-state index in [1.807, 2.05) is 0 Å². The monoisotopic (exact) mass is 265 g/mol. The van der Waals surface area contributed by atoms with Crippen LogP contribution in [0, 0.1) is 5.92 Å². The molecule has 0 aromatic rings. The topological polar surface area (TPSA) is 9.72 Å². The lowest BCUT2D eigenvalue weighted by Gasteiger charge is -2.36. The smallest absolute Gasteiger partial charge is 0.0268 e. The molecule has 110 valence electrons. The highest BCUT2D eigenvalue weighted by Gasteiger charge is 2.47. The van der Waals surface area contributed by atoms with Gasteiger partial charge in [0.05, 0.1) is 0 Å². The quantitative estimate of drug-likeness (QED) is 0.751. The van der Waals surface area contributed by atoms with E-state index in [2.05, 4.69) is 28.5 Å². The predicted octanol–water partition coefficient (Wildman–Crippen LogP) is 1.89. The summed E-state index contributed by atoms with van der Waals surface area (Å²) in [6.45, 7) is 13.8. The van der Waals surface area contributed by atoms with Crippen molar-refractivity contribution in [3.8, 4) is 0 Å². The van der Waals surface area contributed by atoms with Crippen molar-refractivity contribution >= 4 is 0 Å². The summed E-state index contributed by atoms with van der Waals surface area (Å²) in [7, 11) is 0. The minimum atomic E-state index is 0.917. The number of hydrogen-bond acceptors (Lipinski definition) is 3. The van der Waals surface area contributed by atoms with Gasteiger partial charge in [-0.2, -0.15) is 0 Å². The first-order chi connectivity index (χ1) is 9.31. The van der Waals surface area contributed by atoms with Gasteiger partial charge < -0.3 is 4.90 Å². The van der Waals surface area contributed by atoms with Crippen LogP contribution in [0.15, 0.2) is 0 Å². The maximum atomic E-state index is 2.79. The van der Waals surface area contributed by atoms with Gasteiger partial charge in [-0.3, -0.25) is 9.80 Å². The maximum Gasteiger partial charge on any atom is 0.0268 e. The number of rotatable bonds is 5. The molecule has 19 heavy (non-hydrogen) atoms. The molecule has 1 saturated carbocycles. The van der Waals surface area contributed by atoms with E-state index in [0.717, 1.165) is 18.0 Å². The zero-order valence-corrected chi connectivity index (χ0v) is 12.9. The molecule has 2 heterocycles. The number of hydrogen-bond donors (Lipinski definition) is 0. The third-order valence-electron chi connectivity index (χ3n) is 5.72. The van der Waals surface area contributed by atoms with Gasteiger partial charge >= 0.3 is 0 Å². The molecule has 0 aromatic heterocycles. The van der Waals surface area contributed by atoms with Crippen LogP contribution in [-0.4, -0.2) is 72.6 Å². The summed E-state index contributed by atoms with van der Waals surface area (Å²) in [4.78, 5) is 8.08. The van der Waals surface area contributed by atoms with Crippen molar-refractivity contribution in [2.45, 2.75) is 51.6 Å².